The summed E-state index contributed by atoms with van der Waals surface area (Å²) in [6.45, 7) is 4.09. The molecule has 1 aliphatic rings. The second-order valence-corrected chi connectivity index (χ2v) is 5.53. The molecule has 0 amide bonds. The third-order valence-electron chi connectivity index (χ3n) is 3.79. The summed E-state index contributed by atoms with van der Waals surface area (Å²) in [5.41, 5.74) is 6.53. The minimum absolute atomic E-state index is 0.650. The Hall–Kier alpha value is -2.88. The van der Waals surface area contributed by atoms with E-state index in [-0.39, 0.29) is 0 Å². The van der Waals surface area contributed by atoms with Crippen molar-refractivity contribution in [2.75, 3.05) is 7.11 Å². The highest BCUT2D eigenvalue weighted by molar-refractivity contribution is 6.12. The maximum Gasteiger partial charge on any atom is 0.150 e. The number of aromatic amines is 1. The summed E-state index contributed by atoms with van der Waals surface area (Å²) in [5.74, 6) is 0.728. The molecule has 1 aliphatic heterocycles. The Balaban J connectivity index is 1.98. The van der Waals surface area contributed by atoms with E-state index in [2.05, 4.69) is 23.0 Å². The molecule has 4 heteroatoms. The number of benzene rings is 1. The zero-order chi connectivity index (χ0) is 16.4. The maximum absolute atomic E-state index is 10.8. The third-order valence-corrected chi connectivity index (χ3v) is 3.79. The average Bonchev–Trinajstić information content (AvgIpc) is 3.10. The Morgan fingerprint density at radius 1 is 1.17 bits per heavy atom. The van der Waals surface area contributed by atoms with Gasteiger partial charge in [-0.25, -0.2) is 4.99 Å². The first-order valence-electron chi connectivity index (χ1n) is 7.39. The van der Waals surface area contributed by atoms with Crippen molar-refractivity contribution < 1.29 is 9.53 Å². The van der Waals surface area contributed by atoms with Gasteiger partial charge in [-0.05, 0) is 31.6 Å². The van der Waals surface area contributed by atoms with Crippen molar-refractivity contribution in [1.82, 2.24) is 4.98 Å². The van der Waals surface area contributed by atoms with Crippen LogP contribution in [0.4, 0.5) is 0 Å². The van der Waals surface area contributed by atoms with E-state index in [0.29, 0.717) is 5.56 Å². The van der Waals surface area contributed by atoms with Crippen LogP contribution >= 0.6 is 0 Å². The molecule has 0 saturated carbocycles. The van der Waals surface area contributed by atoms with Gasteiger partial charge in [-0.2, -0.15) is 0 Å². The molecule has 2 aromatic rings. The number of aromatic nitrogens is 1. The van der Waals surface area contributed by atoms with Crippen molar-refractivity contribution in [1.29, 1.82) is 0 Å². The molecule has 0 unspecified atom stereocenters. The van der Waals surface area contributed by atoms with E-state index in [0.717, 1.165) is 40.4 Å². The maximum atomic E-state index is 10.8. The first-order valence-corrected chi connectivity index (χ1v) is 7.39. The van der Waals surface area contributed by atoms with Crippen molar-refractivity contribution >= 4 is 18.1 Å². The van der Waals surface area contributed by atoms with Crippen LogP contribution in [-0.2, 0) is 4.74 Å². The molecule has 1 aromatic carbocycles. The van der Waals surface area contributed by atoms with Gasteiger partial charge in [0.05, 0.1) is 12.8 Å². The molecular weight excluding hydrogens is 288 g/mol. The summed E-state index contributed by atoms with van der Waals surface area (Å²) in [6.07, 6.45) is 4.73. The van der Waals surface area contributed by atoms with Crippen LogP contribution in [0.2, 0.25) is 0 Å². The molecule has 0 aliphatic carbocycles. The van der Waals surface area contributed by atoms with Gasteiger partial charge in [0.15, 0.2) is 0 Å². The van der Waals surface area contributed by atoms with Gasteiger partial charge in [-0.1, -0.05) is 24.3 Å². The quantitative estimate of drug-likeness (QED) is 0.873. The Labute approximate surface area is 135 Å². The largest absolute Gasteiger partial charge is 0.494 e. The van der Waals surface area contributed by atoms with E-state index in [1.807, 2.05) is 31.2 Å². The van der Waals surface area contributed by atoms with E-state index in [1.165, 1.54) is 5.56 Å². The molecule has 2 heterocycles. The second kappa shape index (κ2) is 6.08. The lowest BCUT2D eigenvalue weighted by Crippen LogP contribution is -1.94. The molecule has 1 N–H and O–H groups in total. The van der Waals surface area contributed by atoms with Gasteiger partial charge in [0.2, 0.25) is 0 Å². The van der Waals surface area contributed by atoms with Gasteiger partial charge in [-0.3, -0.25) is 4.79 Å². The molecule has 3 rings (SSSR count). The third kappa shape index (κ3) is 3.01. The van der Waals surface area contributed by atoms with Crippen molar-refractivity contribution in [2.45, 2.75) is 13.8 Å². The molecule has 0 atom stereocenters. The fourth-order valence-electron chi connectivity index (χ4n) is 2.60. The predicted octanol–water partition coefficient (Wildman–Crippen LogP) is 3.82. The van der Waals surface area contributed by atoms with Gasteiger partial charge in [0.25, 0.3) is 0 Å². The minimum Gasteiger partial charge on any atom is -0.494 e. The van der Waals surface area contributed by atoms with E-state index >= 15 is 0 Å². The van der Waals surface area contributed by atoms with Gasteiger partial charge in [0.1, 0.15) is 17.7 Å². The molecule has 0 fully saturated rings. The summed E-state index contributed by atoms with van der Waals surface area (Å²) in [4.78, 5) is 18.7. The predicted molar refractivity (Wildman–Crippen MR) is 91.7 cm³/mol. The number of hydrogen-bond donors (Lipinski definition) is 1. The van der Waals surface area contributed by atoms with Crippen LogP contribution in [0.25, 0.3) is 6.08 Å². The highest BCUT2D eigenvalue weighted by atomic mass is 16.5. The Bertz CT molecular complexity index is 837. The number of nitrogens with one attached hydrogen (secondary N) is 1. The summed E-state index contributed by atoms with van der Waals surface area (Å²) in [5, 5.41) is 0. The topological polar surface area (TPSA) is 54.4 Å². The summed E-state index contributed by atoms with van der Waals surface area (Å²) in [7, 11) is 1.64. The van der Waals surface area contributed by atoms with Gasteiger partial charge < -0.3 is 9.72 Å². The minimum atomic E-state index is 0.650. The number of allylic oxidation sites excluding steroid dienone is 1. The van der Waals surface area contributed by atoms with Gasteiger partial charge in [-0.15, -0.1) is 0 Å². The van der Waals surface area contributed by atoms with Crippen LogP contribution in [0.1, 0.15) is 32.9 Å². The van der Waals surface area contributed by atoms with Crippen LogP contribution in [0, 0.1) is 13.8 Å². The number of methoxy groups -OCH3 is 1. The average molecular weight is 306 g/mol. The molecule has 1 aromatic heterocycles. The SMILES string of the molecule is COC1=CC(c2ccc(C=O)cc2)=N/C1=C\c1[nH]c(C)cc1C. The summed E-state index contributed by atoms with van der Waals surface area (Å²) in [6, 6.07) is 9.44. The monoisotopic (exact) mass is 306 g/mol. The number of rotatable bonds is 4. The number of H-pyrrole nitrogens is 1. The molecule has 0 spiro atoms. The smallest absolute Gasteiger partial charge is 0.150 e. The first-order chi connectivity index (χ1) is 11.1. The Morgan fingerprint density at radius 2 is 1.91 bits per heavy atom. The lowest BCUT2D eigenvalue weighted by molar-refractivity contribution is 0.112. The van der Waals surface area contributed by atoms with Crippen molar-refractivity contribution in [3.05, 3.63) is 75.9 Å². The Morgan fingerprint density at radius 3 is 2.48 bits per heavy atom. The number of aryl methyl sites for hydroxylation is 2. The number of hydrogen-bond acceptors (Lipinski definition) is 3. The van der Waals surface area contributed by atoms with Crippen LogP contribution in [-0.4, -0.2) is 24.1 Å². The summed E-state index contributed by atoms with van der Waals surface area (Å²) >= 11 is 0. The van der Waals surface area contributed by atoms with E-state index in [1.54, 1.807) is 19.2 Å². The van der Waals surface area contributed by atoms with E-state index in [9.17, 15) is 4.79 Å². The molecule has 23 heavy (non-hydrogen) atoms. The molecule has 0 bridgehead atoms. The van der Waals surface area contributed by atoms with E-state index in [4.69, 9.17) is 4.74 Å². The lowest BCUT2D eigenvalue weighted by Gasteiger charge is -2.01. The van der Waals surface area contributed by atoms with Crippen molar-refractivity contribution in [3.8, 4) is 0 Å². The zero-order valence-electron chi connectivity index (χ0n) is 13.4. The highest BCUT2D eigenvalue weighted by Crippen LogP contribution is 2.26. The van der Waals surface area contributed by atoms with Crippen LogP contribution in [0.3, 0.4) is 0 Å². The van der Waals surface area contributed by atoms with Crippen molar-refractivity contribution in [2.24, 2.45) is 4.99 Å². The molecule has 0 saturated heterocycles. The molecule has 0 radical (unpaired) electrons. The van der Waals surface area contributed by atoms with E-state index < -0.39 is 0 Å². The number of carbonyl (C=O) groups excluding carboxylic acids is 1. The van der Waals surface area contributed by atoms with Gasteiger partial charge >= 0.3 is 0 Å². The normalized spacial score (nSPS) is 15.5. The molecular formula is C19H18N2O2. The standard InChI is InChI=1S/C19H18N2O2/c1-12-8-13(2)20-16(12)9-18-19(23-3)10-17(21-18)15-6-4-14(11-22)5-7-15/h4-11,20H,1-3H3/b18-9-. The second-order valence-electron chi connectivity index (χ2n) is 5.53. The molecule has 116 valence electrons. The zero-order valence-corrected chi connectivity index (χ0v) is 13.4. The number of ether oxygens (including phenoxy) is 1. The fourth-order valence-corrected chi connectivity index (χ4v) is 2.60. The van der Waals surface area contributed by atoms with Crippen LogP contribution < -0.4 is 0 Å². The Kier molecular flexibility index (Phi) is 3.98. The fraction of sp³-hybridized carbons (Fsp3) is 0.158. The lowest BCUT2D eigenvalue weighted by atomic mass is 10.1. The number of nitrogens with zero attached hydrogens (tertiary/aromatic N) is 1. The first kappa shape index (κ1) is 15.0. The number of carbonyl (C=O) groups is 1. The van der Waals surface area contributed by atoms with Crippen molar-refractivity contribution in [3.63, 3.8) is 0 Å². The summed E-state index contributed by atoms with van der Waals surface area (Å²) < 4.78 is 5.45. The van der Waals surface area contributed by atoms with Gasteiger partial charge in [0, 0.05) is 28.6 Å². The number of aliphatic imine (C=N–C) groups is 1. The van der Waals surface area contributed by atoms with Crippen LogP contribution in [0.5, 0.6) is 0 Å². The number of aldehydes is 1. The highest BCUT2D eigenvalue weighted by Gasteiger charge is 2.17. The molecule has 4 nitrogen and oxygen atoms in total. The van der Waals surface area contributed by atoms with Crippen LogP contribution in [0.15, 0.2) is 52.9 Å².